The van der Waals surface area contributed by atoms with Gasteiger partial charge in [-0.15, -0.1) is 0 Å². The number of hydrogen-bond donors (Lipinski definition) is 2. The lowest BCUT2D eigenvalue weighted by Gasteiger charge is -2.34. The molecule has 1 aliphatic carbocycles. The molecular formula is C14H12F4O4. The van der Waals surface area contributed by atoms with Crippen molar-refractivity contribution in [1.29, 1.82) is 0 Å². The Morgan fingerprint density at radius 1 is 0.818 bits per heavy atom. The van der Waals surface area contributed by atoms with E-state index in [9.17, 15) is 32.3 Å². The first kappa shape index (κ1) is 16.3. The highest BCUT2D eigenvalue weighted by Crippen LogP contribution is 2.43. The Bertz CT molecular complexity index is 622. The lowest BCUT2D eigenvalue weighted by molar-refractivity contribution is -0.145. The van der Waals surface area contributed by atoms with Gasteiger partial charge in [0.15, 0.2) is 23.3 Å². The summed E-state index contributed by atoms with van der Waals surface area (Å²) in [4.78, 5) is 22.2. The number of halogens is 4. The molecule has 0 aliphatic heterocycles. The Balaban J connectivity index is 2.80. The molecule has 1 aromatic carbocycles. The van der Waals surface area contributed by atoms with E-state index in [1.54, 1.807) is 0 Å². The highest BCUT2D eigenvalue weighted by Gasteiger charge is 2.48. The molecule has 1 saturated carbocycles. The van der Waals surface area contributed by atoms with E-state index < -0.39 is 51.7 Å². The minimum absolute atomic E-state index is 0.179. The van der Waals surface area contributed by atoms with Crippen molar-refractivity contribution in [2.45, 2.75) is 37.5 Å². The van der Waals surface area contributed by atoms with Gasteiger partial charge in [0.2, 0.25) is 0 Å². The summed E-state index contributed by atoms with van der Waals surface area (Å²) in [5.41, 5.74) is -5.10. The number of carbonyl (C=O) groups is 2. The molecule has 120 valence electrons. The van der Waals surface area contributed by atoms with E-state index in [1.807, 2.05) is 0 Å². The summed E-state index contributed by atoms with van der Waals surface area (Å²) in [7, 11) is 0. The number of carboxylic acid groups (broad SMARTS) is 2. The predicted octanol–water partition coefficient (Wildman–Crippen LogP) is 3.23. The molecule has 0 atom stereocenters. The Morgan fingerprint density at radius 3 is 1.64 bits per heavy atom. The zero-order valence-electron chi connectivity index (χ0n) is 11.3. The molecule has 1 aliphatic rings. The molecule has 1 aromatic rings. The van der Waals surface area contributed by atoms with Gasteiger partial charge in [-0.3, -0.25) is 4.79 Å². The number of rotatable bonds is 3. The molecule has 22 heavy (non-hydrogen) atoms. The third kappa shape index (κ3) is 2.22. The molecule has 1 fully saturated rings. The molecule has 0 radical (unpaired) electrons. The summed E-state index contributed by atoms with van der Waals surface area (Å²) >= 11 is 0. The summed E-state index contributed by atoms with van der Waals surface area (Å²) < 4.78 is 55.9. The molecule has 0 bridgehead atoms. The number of carboxylic acids is 2. The van der Waals surface area contributed by atoms with Gasteiger partial charge in [0.05, 0.1) is 5.41 Å². The van der Waals surface area contributed by atoms with Crippen LogP contribution in [0.25, 0.3) is 0 Å². The molecule has 2 rings (SSSR count). The fourth-order valence-corrected chi connectivity index (χ4v) is 2.97. The average Bonchev–Trinajstić information content (AvgIpc) is 2.46. The number of aromatic carboxylic acids is 1. The SMILES string of the molecule is O=C(O)c1c(F)c(F)c(C2(C(=O)O)CCCCC2)c(F)c1F. The van der Waals surface area contributed by atoms with E-state index in [4.69, 9.17) is 5.11 Å². The Labute approximate surface area is 122 Å². The van der Waals surface area contributed by atoms with E-state index >= 15 is 0 Å². The van der Waals surface area contributed by atoms with Crippen LogP contribution in [-0.2, 0) is 10.2 Å². The van der Waals surface area contributed by atoms with Crippen LogP contribution < -0.4 is 0 Å². The van der Waals surface area contributed by atoms with Crippen LogP contribution in [0.4, 0.5) is 17.6 Å². The second-order valence-electron chi connectivity index (χ2n) is 5.26. The van der Waals surface area contributed by atoms with Crippen molar-refractivity contribution in [3.63, 3.8) is 0 Å². The molecular weight excluding hydrogens is 308 g/mol. The molecule has 0 unspecified atom stereocenters. The van der Waals surface area contributed by atoms with Crippen LogP contribution in [0.15, 0.2) is 0 Å². The summed E-state index contributed by atoms with van der Waals surface area (Å²) in [6, 6.07) is 0. The second kappa shape index (κ2) is 5.58. The molecule has 4 nitrogen and oxygen atoms in total. The smallest absolute Gasteiger partial charge is 0.341 e. The van der Waals surface area contributed by atoms with E-state index in [0.717, 1.165) is 0 Å². The molecule has 2 N–H and O–H groups in total. The third-order valence-corrected chi connectivity index (χ3v) is 4.07. The van der Waals surface area contributed by atoms with Crippen LogP contribution in [0.3, 0.4) is 0 Å². The monoisotopic (exact) mass is 320 g/mol. The molecule has 0 spiro atoms. The predicted molar refractivity (Wildman–Crippen MR) is 65.6 cm³/mol. The highest BCUT2D eigenvalue weighted by molar-refractivity contribution is 5.89. The van der Waals surface area contributed by atoms with Gasteiger partial charge in [-0.1, -0.05) is 19.3 Å². The highest BCUT2D eigenvalue weighted by atomic mass is 19.2. The maximum atomic E-state index is 14.1. The molecule has 0 heterocycles. The van der Waals surface area contributed by atoms with E-state index in [0.29, 0.717) is 19.3 Å². The quantitative estimate of drug-likeness (QED) is 0.662. The lowest BCUT2D eigenvalue weighted by atomic mass is 9.68. The van der Waals surface area contributed by atoms with Crippen LogP contribution >= 0.6 is 0 Å². The van der Waals surface area contributed by atoms with Gasteiger partial charge in [-0.2, -0.15) is 0 Å². The first-order valence-electron chi connectivity index (χ1n) is 6.57. The summed E-state index contributed by atoms with van der Waals surface area (Å²) in [6.07, 6.45) is 0.934. The van der Waals surface area contributed by atoms with E-state index in [2.05, 4.69) is 0 Å². The molecule has 0 saturated heterocycles. The van der Waals surface area contributed by atoms with Crippen molar-refractivity contribution < 1.29 is 37.4 Å². The van der Waals surface area contributed by atoms with Gasteiger partial charge in [0.25, 0.3) is 0 Å². The Kier molecular flexibility index (Phi) is 4.12. The van der Waals surface area contributed by atoms with Crippen LogP contribution in [0.5, 0.6) is 0 Å². The maximum Gasteiger partial charge on any atom is 0.341 e. The van der Waals surface area contributed by atoms with Gasteiger partial charge < -0.3 is 10.2 Å². The van der Waals surface area contributed by atoms with Gasteiger partial charge in [-0.25, -0.2) is 22.4 Å². The fourth-order valence-electron chi connectivity index (χ4n) is 2.97. The summed E-state index contributed by atoms with van der Waals surface area (Å²) in [6.45, 7) is 0. The third-order valence-electron chi connectivity index (χ3n) is 4.07. The summed E-state index contributed by atoms with van der Waals surface area (Å²) in [5.74, 6) is -11.9. The zero-order valence-corrected chi connectivity index (χ0v) is 11.3. The van der Waals surface area contributed by atoms with Crippen molar-refractivity contribution >= 4 is 11.9 Å². The molecule has 0 aromatic heterocycles. The van der Waals surface area contributed by atoms with Crippen LogP contribution in [0, 0.1) is 23.3 Å². The van der Waals surface area contributed by atoms with E-state index in [-0.39, 0.29) is 12.8 Å². The van der Waals surface area contributed by atoms with Crippen molar-refractivity contribution in [2.24, 2.45) is 0 Å². The Hall–Kier alpha value is -2.12. The second-order valence-corrected chi connectivity index (χ2v) is 5.26. The van der Waals surface area contributed by atoms with Crippen LogP contribution in [0.2, 0.25) is 0 Å². The van der Waals surface area contributed by atoms with Crippen molar-refractivity contribution in [3.8, 4) is 0 Å². The Morgan fingerprint density at radius 2 is 1.27 bits per heavy atom. The first-order valence-corrected chi connectivity index (χ1v) is 6.57. The van der Waals surface area contributed by atoms with Crippen LogP contribution in [-0.4, -0.2) is 22.2 Å². The number of aliphatic carboxylic acids is 1. The minimum atomic E-state index is -2.17. The molecule has 0 amide bonds. The van der Waals surface area contributed by atoms with Gasteiger partial charge >= 0.3 is 11.9 Å². The normalized spacial score (nSPS) is 17.3. The average molecular weight is 320 g/mol. The standard InChI is InChI=1S/C14H12F4O4/c15-8-6(12(19)20)9(16)11(18)7(10(8)17)14(13(21)22)4-2-1-3-5-14/h1-5H2,(H,19,20)(H,21,22). The maximum absolute atomic E-state index is 14.1. The zero-order chi connectivity index (χ0) is 16.7. The molecule has 8 heteroatoms. The van der Waals surface area contributed by atoms with Gasteiger partial charge in [0.1, 0.15) is 5.56 Å². The largest absolute Gasteiger partial charge is 0.481 e. The van der Waals surface area contributed by atoms with Gasteiger partial charge in [0, 0.05) is 5.56 Å². The first-order chi connectivity index (χ1) is 10.2. The van der Waals surface area contributed by atoms with Crippen molar-refractivity contribution in [3.05, 3.63) is 34.4 Å². The van der Waals surface area contributed by atoms with Crippen molar-refractivity contribution in [2.75, 3.05) is 0 Å². The van der Waals surface area contributed by atoms with Gasteiger partial charge in [-0.05, 0) is 12.8 Å². The van der Waals surface area contributed by atoms with E-state index in [1.165, 1.54) is 0 Å². The number of hydrogen-bond acceptors (Lipinski definition) is 2. The topological polar surface area (TPSA) is 74.6 Å². The number of benzene rings is 1. The minimum Gasteiger partial charge on any atom is -0.481 e. The fraction of sp³-hybridized carbons (Fsp3) is 0.429. The van der Waals surface area contributed by atoms with Crippen molar-refractivity contribution in [1.82, 2.24) is 0 Å². The summed E-state index contributed by atoms with van der Waals surface area (Å²) in [5, 5.41) is 18.0. The lowest BCUT2D eigenvalue weighted by Crippen LogP contribution is -2.40. The van der Waals surface area contributed by atoms with Crippen LogP contribution in [0.1, 0.15) is 48.0 Å².